The summed E-state index contributed by atoms with van der Waals surface area (Å²) >= 11 is 0. The van der Waals surface area contributed by atoms with Crippen LogP contribution in [0.1, 0.15) is 52.5 Å². The van der Waals surface area contributed by atoms with Crippen LogP contribution in [0.4, 0.5) is 0 Å². The molecule has 0 aliphatic carbocycles. The van der Waals surface area contributed by atoms with E-state index in [4.69, 9.17) is 4.74 Å². The van der Waals surface area contributed by atoms with Gasteiger partial charge in [-0.3, -0.25) is 9.59 Å². The monoisotopic (exact) mass is 404 g/mol. The Morgan fingerprint density at radius 2 is 1.79 bits per heavy atom. The van der Waals surface area contributed by atoms with E-state index in [1.54, 1.807) is 0 Å². The van der Waals surface area contributed by atoms with Gasteiger partial charge in [0, 0.05) is 13.0 Å². The largest absolute Gasteiger partial charge is 0.494 e. The van der Waals surface area contributed by atoms with Crippen molar-refractivity contribution in [2.45, 2.75) is 52.4 Å². The molecule has 0 bridgehead atoms. The summed E-state index contributed by atoms with van der Waals surface area (Å²) in [6.07, 6.45) is 2.17. The van der Waals surface area contributed by atoms with Crippen molar-refractivity contribution in [1.82, 2.24) is 10.2 Å². The summed E-state index contributed by atoms with van der Waals surface area (Å²) in [6, 6.07) is 8.21. The lowest BCUT2D eigenvalue weighted by Gasteiger charge is -2.32. The molecule has 0 spiro atoms. The molecule has 0 atom stereocenters. The number of quaternary nitrogens is 1. The standard InChI is InChI=1S/C23H37N3O3/c1-5-12-24-21(27)18-25-13-15-26(16-14-25)22(28)7-6-17-29-20-10-8-19(9-11-20)23(2,3)4/h8-11H,5-7,12-18H2,1-4H3,(H,24,27)/p+1. The molecule has 2 N–H and O–H groups in total. The van der Waals surface area contributed by atoms with Crippen LogP contribution in [-0.4, -0.2) is 62.6 Å². The summed E-state index contributed by atoms with van der Waals surface area (Å²) in [5, 5.41) is 2.92. The first-order valence-electron chi connectivity index (χ1n) is 10.9. The Kier molecular flexibility index (Phi) is 8.96. The van der Waals surface area contributed by atoms with Crippen LogP contribution in [-0.2, 0) is 15.0 Å². The van der Waals surface area contributed by atoms with Gasteiger partial charge < -0.3 is 19.9 Å². The average Bonchev–Trinajstić information content (AvgIpc) is 2.69. The summed E-state index contributed by atoms with van der Waals surface area (Å²) in [5.74, 6) is 1.14. The van der Waals surface area contributed by atoms with Gasteiger partial charge in [-0.15, -0.1) is 0 Å². The van der Waals surface area contributed by atoms with Crippen LogP contribution in [0.15, 0.2) is 24.3 Å². The zero-order valence-corrected chi connectivity index (χ0v) is 18.6. The first-order valence-corrected chi connectivity index (χ1v) is 10.9. The predicted octanol–water partition coefficient (Wildman–Crippen LogP) is 1.40. The number of nitrogens with zero attached hydrogens (tertiary/aromatic N) is 1. The number of piperazine rings is 1. The third-order valence-electron chi connectivity index (χ3n) is 5.33. The minimum Gasteiger partial charge on any atom is -0.494 e. The van der Waals surface area contributed by atoms with Crippen LogP contribution in [0, 0.1) is 0 Å². The Morgan fingerprint density at radius 3 is 2.38 bits per heavy atom. The fraction of sp³-hybridized carbons (Fsp3) is 0.652. The number of carbonyl (C=O) groups excluding carboxylic acids is 2. The number of carbonyl (C=O) groups is 2. The Balaban J connectivity index is 1.62. The second-order valence-electron chi connectivity index (χ2n) is 8.88. The Bertz CT molecular complexity index is 644. The molecule has 1 aliphatic heterocycles. The topological polar surface area (TPSA) is 63.1 Å². The van der Waals surface area contributed by atoms with Crippen molar-refractivity contribution >= 4 is 11.8 Å². The van der Waals surface area contributed by atoms with Gasteiger partial charge in [-0.2, -0.15) is 0 Å². The van der Waals surface area contributed by atoms with E-state index in [0.29, 0.717) is 26.0 Å². The van der Waals surface area contributed by atoms with Gasteiger partial charge in [0.2, 0.25) is 5.91 Å². The van der Waals surface area contributed by atoms with Crippen LogP contribution < -0.4 is 15.0 Å². The summed E-state index contributed by atoms with van der Waals surface area (Å²) in [5.41, 5.74) is 1.42. The maximum Gasteiger partial charge on any atom is 0.275 e. The molecular weight excluding hydrogens is 366 g/mol. The van der Waals surface area contributed by atoms with Crippen LogP contribution in [0.2, 0.25) is 0 Å². The molecule has 1 saturated heterocycles. The van der Waals surface area contributed by atoms with Gasteiger partial charge >= 0.3 is 0 Å². The zero-order valence-electron chi connectivity index (χ0n) is 18.6. The van der Waals surface area contributed by atoms with Crippen molar-refractivity contribution < 1.29 is 19.2 Å². The van der Waals surface area contributed by atoms with Crippen molar-refractivity contribution in [3.8, 4) is 5.75 Å². The molecular formula is C23H38N3O3+. The van der Waals surface area contributed by atoms with Gasteiger partial charge in [0.05, 0.1) is 32.8 Å². The molecule has 162 valence electrons. The van der Waals surface area contributed by atoms with E-state index < -0.39 is 0 Å². The maximum absolute atomic E-state index is 12.4. The highest BCUT2D eigenvalue weighted by atomic mass is 16.5. The highest BCUT2D eigenvalue weighted by Crippen LogP contribution is 2.24. The van der Waals surface area contributed by atoms with Gasteiger partial charge in [0.1, 0.15) is 5.75 Å². The lowest BCUT2D eigenvalue weighted by atomic mass is 9.87. The number of ether oxygens (including phenoxy) is 1. The number of hydrogen-bond donors (Lipinski definition) is 2. The molecule has 6 heteroatoms. The molecule has 1 aromatic carbocycles. The van der Waals surface area contributed by atoms with Crippen LogP contribution >= 0.6 is 0 Å². The molecule has 6 nitrogen and oxygen atoms in total. The van der Waals surface area contributed by atoms with Crippen molar-refractivity contribution in [3.05, 3.63) is 29.8 Å². The molecule has 2 amide bonds. The average molecular weight is 405 g/mol. The minimum absolute atomic E-state index is 0.106. The highest BCUT2D eigenvalue weighted by molar-refractivity contribution is 5.77. The summed E-state index contributed by atoms with van der Waals surface area (Å²) in [4.78, 5) is 27.4. The fourth-order valence-electron chi connectivity index (χ4n) is 3.43. The number of nitrogens with one attached hydrogen (secondary N) is 2. The fourth-order valence-corrected chi connectivity index (χ4v) is 3.43. The smallest absolute Gasteiger partial charge is 0.275 e. The van der Waals surface area contributed by atoms with E-state index >= 15 is 0 Å². The van der Waals surface area contributed by atoms with Crippen LogP contribution in [0.3, 0.4) is 0 Å². The van der Waals surface area contributed by atoms with Gasteiger partial charge in [0.25, 0.3) is 5.91 Å². The summed E-state index contributed by atoms with van der Waals surface area (Å²) < 4.78 is 5.79. The number of amides is 2. The van der Waals surface area contributed by atoms with Gasteiger partial charge in [-0.05, 0) is 36.0 Å². The summed E-state index contributed by atoms with van der Waals surface area (Å²) in [7, 11) is 0. The van der Waals surface area contributed by atoms with Crippen LogP contribution in [0.25, 0.3) is 0 Å². The van der Waals surface area contributed by atoms with E-state index in [9.17, 15) is 9.59 Å². The second kappa shape index (κ2) is 11.2. The molecule has 0 saturated carbocycles. The third kappa shape index (κ3) is 8.05. The third-order valence-corrected chi connectivity index (χ3v) is 5.33. The summed E-state index contributed by atoms with van der Waals surface area (Å²) in [6.45, 7) is 13.5. The first kappa shape index (κ1) is 23.2. The minimum atomic E-state index is 0.106. The van der Waals surface area contributed by atoms with E-state index in [-0.39, 0.29) is 17.2 Å². The Hall–Kier alpha value is -2.08. The molecule has 1 aliphatic rings. The highest BCUT2D eigenvalue weighted by Gasteiger charge is 2.24. The Labute approximate surface area is 175 Å². The molecule has 2 rings (SSSR count). The number of benzene rings is 1. The molecule has 0 unspecified atom stereocenters. The van der Waals surface area contributed by atoms with Crippen molar-refractivity contribution in [3.63, 3.8) is 0 Å². The lowest BCUT2D eigenvalue weighted by molar-refractivity contribution is -0.896. The van der Waals surface area contributed by atoms with Gasteiger partial charge in [-0.1, -0.05) is 39.8 Å². The molecule has 29 heavy (non-hydrogen) atoms. The zero-order chi connectivity index (χ0) is 21.3. The molecule has 1 aromatic rings. The number of rotatable bonds is 9. The molecule has 1 heterocycles. The number of hydrogen-bond acceptors (Lipinski definition) is 3. The quantitative estimate of drug-likeness (QED) is 0.612. The SMILES string of the molecule is CCCNC(=O)C[NH+]1CCN(C(=O)CCCOc2ccc(C(C)(C)C)cc2)CC1. The second-order valence-corrected chi connectivity index (χ2v) is 8.88. The van der Waals surface area contributed by atoms with E-state index in [0.717, 1.165) is 44.9 Å². The lowest BCUT2D eigenvalue weighted by Crippen LogP contribution is -3.15. The normalized spacial score (nSPS) is 15.2. The van der Waals surface area contributed by atoms with Crippen molar-refractivity contribution in [1.29, 1.82) is 0 Å². The van der Waals surface area contributed by atoms with Crippen LogP contribution in [0.5, 0.6) is 5.75 Å². The molecule has 0 radical (unpaired) electrons. The Morgan fingerprint density at radius 1 is 1.14 bits per heavy atom. The van der Waals surface area contributed by atoms with Gasteiger partial charge in [-0.25, -0.2) is 0 Å². The molecule has 1 fully saturated rings. The van der Waals surface area contributed by atoms with E-state index in [1.165, 1.54) is 10.5 Å². The van der Waals surface area contributed by atoms with Gasteiger partial charge in [0.15, 0.2) is 6.54 Å². The predicted molar refractivity (Wildman–Crippen MR) is 115 cm³/mol. The van der Waals surface area contributed by atoms with E-state index in [2.05, 4.69) is 38.2 Å². The van der Waals surface area contributed by atoms with Crippen molar-refractivity contribution in [2.75, 3.05) is 45.9 Å². The first-order chi connectivity index (χ1) is 13.8. The van der Waals surface area contributed by atoms with E-state index in [1.807, 2.05) is 24.0 Å². The van der Waals surface area contributed by atoms with Crippen molar-refractivity contribution in [2.24, 2.45) is 0 Å². The molecule has 0 aromatic heterocycles. The maximum atomic E-state index is 12.4.